The largest absolute Gasteiger partial charge is 0.462 e. The topological polar surface area (TPSA) is 162 Å². The summed E-state index contributed by atoms with van der Waals surface area (Å²) in [4.78, 5) is 44.3. The maximum absolute atomic E-state index is 14.3. The minimum atomic E-state index is -0.960. The van der Waals surface area contributed by atoms with Gasteiger partial charge in [-0.05, 0) is 82.5 Å². The van der Waals surface area contributed by atoms with Crippen molar-refractivity contribution in [3.63, 3.8) is 0 Å². The summed E-state index contributed by atoms with van der Waals surface area (Å²) in [7, 11) is 5.90. The molecule has 3 aliphatic carbocycles. The van der Waals surface area contributed by atoms with Gasteiger partial charge in [-0.15, -0.1) is 0 Å². The number of amides is 1. The summed E-state index contributed by atoms with van der Waals surface area (Å²) >= 11 is 0. The zero-order chi connectivity index (χ0) is 40.1. The zero-order valence-corrected chi connectivity index (χ0v) is 36.5. The first-order valence-electron chi connectivity index (χ1n) is 22.4. The summed E-state index contributed by atoms with van der Waals surface area (Å²) in [6, 6.07) is 0.272. The molecule has 8 aliphatic rings. The minimum Gasteiger partial charge on any atom is -0.462 e. The molecule has 8 unspecified atom stereocenters. The smallest absolute Gasteiger partial charge is 0.334 e. The lowest BCUT2D eigenvalue weighted by Gasteiger charge is -2.56. The van der Waals surface area contributed by atoms with Crippen molar-refractivity contribution in [2.45, 2.75) is 140 Å². The van der Waals surface area contributed by atoms with Gasteiger partial charge >= 0.3 is 11.9 Å². The minimum absolute atomic E-state index is 0.0696. The van der Waals surface area contributed by atoms with Crippen LogP contribution < -0.4 is 16.4 Å². The Labute approximate surface area is 347 Å². The summed E-state index contributed by atoms with van der Waals surface area (Å²) < 4.78 is 20.9. The Morgan fingerprint density at radius 2 is 1.93 bits per heavy atom. The van der Waals surface area contributed by atoms with E-state index < -0.39 is 11.2 Å². The number of piperidine rings is 1. The first-order valence-corrected chi connectivity index (χ1v) is 24.9. The Kier molecular flexibility index (Phi) is 12.6. The monoisotopic (exact) mass is 830 g/mol. The third-order valence-electron chi connectivity index (χ3n) is 16.5. The first-order chi connectivity index (χ1) is 27.4. The number of allylic oxidation sites excluding steroid dienone is 1. The number of rotatable bonds is 7. The quantitative estimate of drug-likeness (QED) is 0.130. The molecule has 5 saturated heterocycles. The van der Waals surface area contributed by atoms with Crippen molar-refractivity contribution < 1.29 is 44.3 Å². The molecule has 2 saturated carbocycles. The number of aliphatic hydroxyl groups excluding tert-OH is 1. The van der Waals surface area contributed by atoms with Crippen molar-refractivity contribution in [3.05, 3.63) is 23.3 Å². The molecule has 0 aromatic rings. The number of nitrogens with two attached hydrogens (primary N) is 3. The summed E-state index contributed by atoms with van der Waals surface area (Å²) in [6.45, 7) is 8.54. The highest BCUT2D eigenvalue weighted by Crippen LogP contribution is 2.63. The van der Waals surface area contributed by atoms with Crippen LogP contribution in [-0.2, 0) is 28.6 Å². The average molecular weight is 831 g/mol. The van der Waals surface area contributed by atoms with E-state index in [0.29, 0.717) is 37.2 Å². The second-order valence-electron chi connectivity index (χ2n) is 19.5. The summed E-state index contributed by atoms with van der Waals surface area (Å²) in [5, 5.41) is 14.6. The third-order valence-corrected chi connectivity index (χ3v) is 18.9. The van der Waals surface area contributed by atoms with Crippen LogP contribution in [0.25, 0.3) is 0 Å². The number of quaternary nitrogens is 2. The molecule has 0 aromatic heterocycles. The molecule has 318 valence electrons. The van der Waals surface area contributed by atoms with E-state index in [1.54, 1.807) is 0 Å². The van der Waals surface area contributed by atoms with Gasteiger partial charge in [0.2, 0.25) is 5.91 Å². The van der Waals surface area contributed by atoms with Gasteiger partial charge < -0.3 is 34.9 Å². The van der Waals surface area contributed by atoms with E-state index in [4.69, 9.17) is 19.9 Å². The predicted molar refractivity (Wildman–Crippen MR) is 221 cm³/mol. The second kappa shape index (κ2) is 17.0. The maximum atomic E-state index is 14.3. The predicted octanol–water partition coefficient (Wildman–Crippen LogP) is 3.31. The molecule has 5 aliphatic heterocycles. The zero-order valence-electron chi connectivity index (χ0n) is 34.8. The van der Waals surface area contributed by atoms with E-state index in [0.717, 1.165) is 82.5 Å². The first kappa shape index (κ1) is 42.1. The van der Waals surface area contributed by atoms with Crippen molar-refractivity contribution in [3.8, 4) is 0 Å². The lowest BCUT2D eigenvalue weighted by molar-refractivity contribution is -0.706. The van der Waals surface area contributed by atoms with E-state index in [2.05, 4.69) is 35.6 Å². The van der Waals surface area contributed by atoms with Gasteiger partial charge in [0.1, 0.15) is 23.5 Å². The standard InChI is InChI=1S/C44H68N4O7S2/c1-5-26(2)40(51)55-42(3)12-9-27-24-56-57-25-34-31(21-46-4)23-48(34)38(50)17-30-22-47-37(45)18-32(30)39(27)44(42)20-29-15-28-16-33(41(52)53-35(28)19-36(29)54-44)43(13-14-49)10-7-6-8-11-43/h5,9,28-37,39,46-47,49H,6-8,10-25,45H2,1-4H3/p+2/t28?,29?,30?,31-,32?,33?,34-,35?,36?,37?,39-,42-,44-/m0/s1. The van der Waals surface area contributed by atoms with Gasteiger partial charge in [-0.2, -0.15) is 0 Å². The molecule has 0 aromatic carbocycles. The van der Waals surface area contributed by atoms with Gasteiger partial charge in [-0.1, -0.05) is 58.6 Å². The van der Waals surface area contributed by atoms with Gasteiger partial charge in [0, 0.05) is 73.7 Å². The fourth-order valence-electron chi connectivity index (χ4n) is 13.3. The van der Waals surface area contributed by atoms with Crippen LogP contribution in [0, 0.1) is 46.8 Å². The molecule has 13 atom stereocenters. The van der Waals surface area contributed by atoms with E-state index in [9.17, 15) is 19.5 Å². The molecule has 13 heteroatoms. The Morgan fingerprint density at radius 1 is 1.12 bits per heavy atom. The Balaban J connectivity index is 1.15. The fraction of sp³-hybridized carbons (Fsp3) is 0.841. The summed E-state index contributed by atoms with van der Waals surface area (Å²) in [5.41, 5.74) is 6.79. The Morgan fingerprint density at radius 3 is 2.68 bits per heavy atom. The number of hydrogen-bond acceptors (Lipinski definition) is 10. The maximum Gasteiger partial charge on any atom is 0.334 e. The van der Waals surface area contributed by atoms with Gasteiger partial charge in [0.05, 0.1) is 38.2 Å². The van der Waals surface area contributed by atoms with Gasteiger partial charge in [0.15, 0.2) is 0 Å². The van der Waals surface area contributed by atoms with E-state index in [1.807, 2.05) is 41.5 Å². The molecule has 7 fully saturated rings. The number of carbonyl (C=O) groups is 3. The highest BCUT2D eigenvalue weighted by molar-refractivity contribution is 8.76. The Bertz CT molecular complexity index is 1580. The van der Waals surface area contributed by atoms with Crippen molar-refractivity contribution in [2.24, 2.45) is 52.6 Å². The van der Waals surface area contributed by atoms with Crippen molar-refractivity contribution in [2.75, 3.05) is 44.8 Å². The molecule has 8 rings (SSSR count). The molecule has 11 nitrogen and oxygen atoms in total. The lowest BCUT2D eigenvalue weighted by atomic mass is 9.55. The number of ether oxygens (including phenoxy) is 3. The Hall–Kier alpha value is -1.61. The number of fused-ring (bicyclic) bond motifs is 7. The second-order valence-corrected chi connectivity index (χ2v) is 22.0. The van der Waals surface area contributed by atoms with Crippen LogP contribution in [0.4, 0.5) is 0 Å². The van der Waals surface area contributed by atoms with Crippen LogP contribution in [0.5, 0.6) is 0 Å². The molecular weight excluding hydrogens is 761 g/mol. The molecule has 7 N–H and O–H groups in total. The lowest BCUT2D eigenvalue weighted by Crippen LogP contribution is -2.96. The van der Waals surface area contributed by atoms with Crippen molar-refractivity contribution in [1.82, 2.24) is 4.90 Å². The van der Waals surface area contributed by atoms with Gasteiger partial charge in [0.25, 0.3) is 0 Å². The van der Waals surface area contributed by atoms with E-state index in [-0.39, 0.29) is 89.8 Å². The third kappa shape index (κ3) is 7.68. The van der Waals surface area contributed by atoms with Crippen LogP contribution in [0.3, 0.4) is 0 Å². The molecular formula is C44H70N4O7S2+2. The molecule has 0 radical (unpaired) electrons. The molecule has 0 bridgehead atoms. The van der Waals surface area contributed by atoms with Gasteiger partial charge in [-0.3, -0.25) is 15.3 Å². The molecule has 1 spiro atoms. The van der Waals surface area contributed by atoms with Gasteiger partial charge in [-0.25, -0.2) is 4.79 Å². The van der Waals surface area contributed by atoms with Crippen LogP contribution in [-0.4, -0.2) is 108 Å². The molecule has 5 heterocycles. The summed E-state index contributed by atoms with van der Waals surface area (Å²) in [6.07, 6.45) is 14.6. The fourth-order valence-corrected chi connectivity index (χ4v) is 15.8. The number of aliphatic hydroxyl groups is 1. The highest BCUT2D eigenvalue weighted by atomic mass is 33.1. The SMILES string of the molecule is CC=C(C)C(=O)O[C@@]1(C)CC=C2CSSC[C@H]3[C@@H](C[NH2+]C)CN3C(=O)CC3C[NH2+]C(N)CC3[C@H]2[C@@]12CC1CC3CC(C4(CCO)CCCCC4)C(=O)OC3CC1O2. The number of hydrogen-bond donors (Lipinski definition) is 4. The van der Waals surface area contributed by atoms with Crippen molar-refractivity contribution in [1.29, 1.82) is 0 Å². The van der Waals surface area contributed by atoms with Crippen LogP contribution >= 0.6 is 21.6 Å². The number of esters is 2. The van der Waals surface area contributed by atoms with E-state index >= 15 is 0 Å². The van der Waals surface area contributed by atoms with Crippen LogP contribution in [0.1, 0.15) is 104 Å². The van der Waals surface area contributed by atoms with Crippen molar-refractivity contribution >= 4 is 39.4 Å². The average Bonchev–Trinajstić information content (AvgIpc) is 3.56. The van der Waals surface area contributed by atoms with Crippen LogP contribution in [0.15, 0.2) is 23.3 Å². The highest BCUT2D eigenvalue weighted by Gasteiger charge is 2.68. The number of carbonyl (C=O) groups excluding carboxylic acids is 3. The number of nitrogens with zero attached hydrogens (tertiary/aromatic N) is 1. The summed E-state index contributed by atoms with van der Waals surface area (Å²) in [5.74, 6) is 2.48. The van der Waals surface area contributed by atoms with E-state index in [1.165, 1.54) is 12.0 Å². The van der Waals surface area contributed by atoms with Crippen LogP contribution in [0.2, 0.25) is 0 Å². The molecule has 1 amide bonds. The normalized spacial score (nSPS) is 43.4. The molecule has 57 heavy (non-hydrogen) atoms.